The molecule has 0 radical (unpaired) electrons. The number of phenols is 1. The van der Waals surface area contributed by atoms with Crippen molar-refractivity contribution in [1.82, 2.24) is 0 Å². The van der Waals surface area contributed by atoms with Gasteiger partial charge < -0.3 is 10.8 Å². The molecule has 0 aliphatic carbocycles. The maximum Gasteiger partial charge on any atom is 0.134 e. The first-order chi connectivity index (χ1) is 7.10. The molecule has 0 saturated carbocycles. The van der Waals surface area contributed by atoms with Crippen molar-refractivity contribution in [2.75, 3.05) is 0 Å². The molecule has 0 unspecified atom stereocenters. The van der Waals surface area contributed by atoms with Gasteiger partial charge in [-0.2, -0.15) is 5.26 Å². The highest BCUT2D eigenvalue weighted by molar-refractivity contribution is 9.10. The number of nitrogens with two attached hydrogens (primary N) is 1. The molecule has 0 aliphatic rings. The number of hydrogen-bond acceptors (Lipinski definition) is 3. The SMILES string of the molecule is CCC[C@H](N)c1cc(C#N)cc(Br)c1O. The molecule has 4 heteroatoms. The van der Waals surface area contributed by atoms with Crippen molar-refractivity contribution in [2.24, 2.45) is 5.73 Å². The average molecular weight is 269 g/mol. The van der Waals surface area contributed by atoms with Crippen LogP contribution in [0, 0.1) is 11.3 Å². The van der Waals surface area contributed by atoms with E-state index in [1.807, 2.05) is 13.0 Å². The third-order valence-corrected chi connectivity index (χ3v) is 2.83. The van der Waals surface area contributed by atoms with Crippen LogP contribution < -0.4 is 5.73 Å². The fourth-order valence-electron chi connectivity index (χ4n) is 1.43. The zero-order valence-corrected chi connectivity index (χ0v) is 10.1. The third-order valence-electron chi connectivity index (χ3n) is 2.22. The van der Waals surface area contributed by atoms with E-state index in [0.29, 0.717) is 15.6 Å². The van der Waals surface area contributed by atoms with Gasteiger partial charge in [0.1, 0.15) is 5.75 Å². The summed E-state index contributed by atoms with van der Waals surface area (Å²) in [5, 5.41) is 18.6. The standard InChI is InChI=1S/C11H13BrN2O/c1-2-3-10(14)8-4-7(6-13)5-9(12)11(8)15/h4-5,10,15H,2-3,14H2,1H3/t10-/m0/s1. The molecule has 0 aromatic heterocycles. The molecule has 0 amide bonds. The van der Waals surface area contributed by atoms with Crippen LogP contribution >= 0.6 is 15.9 Å². The van der Waals surface area contributed by atoms with Gasteiger partial charge in [-0.15, -0.1) is 0 Å². The largest absolute Gasteiger partial charge is 0.506 e. The first kappa shape index (κ1) is 12.0. The minimum Gasteiger partial charge on any atom is -0.506 e. The van der Waals surface area contributed by atoms with Crippen LogP contribution in [-0.4, -0.2) is 5.11 Å². The summed E-state index contributed by atoms with van der Waals surface area (Å²) in [7, 11) is 0. The molecule has 0 aliphatic heterocycles. The van der Waals surface area contributed by atoms with Crippen LogP contribution in [0.25, 0.3) is 0 Å². The van der Waals surface area contributed by atoms with Crippen LogP contribution in [0.5, 0.6) is 5.75 Å². The highest BCUT2D eigenvalue weighted by Crippen LogP contribution is 2.33. The van der Waals surface area contributed by atoms with Gasteiger partial charge in [-0.1, -0.05) is 13.3 Å². The van der Waals surface area contributed by atoms with Crippen molar-refractivity contribution in [3.63, 3.8) is 0 Å². The second-order valence-electron chi connectivity index (χ2n) is 3.40. The molecular formula is C11H13BrN2O. The molecule has 0 fully saturated rings. The van der Waals surface area contributed by atoms with E-state index in [1.165, 1.54) is 0 Å². The smallest absolute Gasteiger partial charge is 0.134 e. The number of nitriles is 1. The second kappa shape index (κ2) is 5.15. The number of halogens is 1. The van der Waals surface area contributed by atoms with Gasteiger partial charge in [0.2, 0.25) is 0 Å². The number of hydrogen-bond donors (Lipinski definition) is 2. The topological polar surface area (TPSA) is 70.0 Å². The number of rotatable bonds is 3. The lowest BCUT2D eigenvalue weighted by Crippen LogP contribution is -2.10. The van der Waals surface area contributed by atoms with Crippen LogP contribution in [0.1, 0.15) is 36.9 Å². The summed E-state index contributed by atoms with van der Waals surface area (Å²) in [5.74, 6) is 0.134. The van der Waals surface area contributed by atoms with Crippen LogP contribution in [0.4, 0.5) is 0 Å². The summed E-state index contributed by atoms with van der Waals surface area (Å²) < 4.78 is 0.517. The Morgan fingerprint density at radius 2 is 2.27 bits per heavy atom. The van der Waals surface area contributed by atoms with E-state index in [0.717, 1.165) is 12.8 Å². The zero-order valence-electron chi connectivity index (χ0n) is 8.50. The van der Waals surface area contributed by atoms with Gasteiger partial charge in [0.15, 0.2) is 0 Å². The van der Waals surface area contributed by atoms with Gasteiger partial charge >= 0.3 is 0 Å². The Morgan fingerprint density at radius 3 is 2.80 bits per heavy atom. The summed E-state index contributed by atoms with van der Waals surface area (Å²) in [6, 6.07) is 5.03. The summed E-state index contributed by atoms with van der Waals surface area (Å²) in [4.78, 5) is 0. The molecule has 0 heterocycles. The van der Waals surface area contributed by atoms with E-state index in [9.17, 15) is 5.11 Å². The molecule has 1 aromatic rings. The maximum absolute atomic E-state index is 9.78. The Hall–Kier alpha value is -1.05. The van der Waals surface area contributed by atoms with E-state index in [-0.39, 0.29) is 11.8 Å². The molecule has 1 aromatic carbocycles. The van der Waals surface area contributed by atoms with Gasteiger partial charge in [-0.05, 0) is 34.5 Å². The monoisotopic (exact) mass is 268 g/mol. The number of aromatic hydroxyl groups is 1. The fraction of sp³-hybridized carbons (Fsp3) is 0.364. The first-order valence-electron chi connectivity index (χ1n) is 4.78. The van der Waals surface area contributed by atoms with Crippen molar-refractivity contribution in [3.05, 3.63) is 27.7 Å². The molecule has 3 nitrogen and oxygen atoms in total. The molecule has 80 valence electrons. The van der Waals surface area contributed by atoms with Gasteiger partial charge in [0.25, 0.3) is 0 Å². The van der Waals surface area contributed by atoms with Gasteiger partial charge in [-0.3, -0.25) is 0 Å². The number of phenolic OH excluding ortho intramolecular Hbond substituents is 1. The Morgan fingerprint density at radius 1 is 1.60 bits per heavy atom. The highest BCUT2D eigenvalue weighted by Gasteiger charge is 2.14. The number of nitrogens with zero attached hydrogens (tertiary/aromatic N) is 1. The summed E-state index contributed by atoms with van der Waals surface area (Å²) in [6.45, 7) is 2.03. The van der Waals surface area contributed by atoms with Crippen LogP contribution in [0.2, 0.25) is 0 Å². The molecule has 15 heavy (non-hydrogen) atoms. The third kappa shape index (κ3) is 2.71. The van der Waals surface area contributed by atoms with E-state index in [1.54, 1.807) is 12.1 Å². The van der Waals surface area contributed by atoms with E-state index in [4.69, 9.17) is 11.0 Å². The molecule has 1 atom stereocenters. The Balaban J connectivity index is 3.16. The molecule has 0 saturated heterocycles. The Bertz CT molecular complexity index is 398. The predicted octanol–water partition coefficient (Wildman–Crippen LogP) is 2.83. The molecular weight excluding hydrogens is 256 g/mol. The summed E-state index contributed by atoms with van der Waals surface area (Å²) in [5.41, 5.74) is 7.04. The van der Waals surface area contributed by atoms with Crippen LogP contribution in [0.3, 0.4) is 0 Å². The van der Waals surface area contributed by atoms with Crippen LogP contribution in [-0.2, 0) is 0 Å². The zero-order chi connectivity index (χ0) is 11.4. The number of benzene rings is 1. The van der Waals surface area contributed by atoms with E-state index < -0.39 is 0 Å². The Kier molecular flexibility index (Phi) is 4.13. The minimum atomic E-state index is -0.223. The molecule has 0 bridgehead atoms. The van der Waals surface area contributed by atoms with Gasteiger partial charge in [-0.25, -0.2) is 0 Å². The van der Waals surface area contributed by atoms with Gasteiger partial charge in [0, 0.05) is 11.6 Å². The lowest BCUT2D eigenvalue weighted by molar-refractivity contribution is 0.454. The fourth-order valence-corrected chi connectivity index (χ4v) is 1.91. The van der Waals surface area contributed by atoms with Crippen molar-refractivity contribution >= 4 is 15.9 Å². The second-order valence-corrected chi connectivity index (χ2v) is 4.26. The lowest BCUT2D eigenvalue weighted by atomic mass is 10.0. The summed E-state index contributed by atoms with van der Waals surface area (Å²) >= 11 is 3.20. The quantitative estimate of drug-likeness (QED) is 0.886. The van der Waals surface area contributed by atoms with E-state index >= 15 is 0 Å². The highest BCUT2D eigenvalue weighted by atomic mass is 79.9. The van der Waals surface area contributed by atoms with Crippen molar-refractivity contribution < 1.29 is 5.11 Å². The molecule has 0 spiro atoms. The average Bonchev–Trinajstić information content (AvgIpc) is 2.22. The van der Waals surface area contributed by atoms with Crippen molar-refractivity contribution in [1.29, 1.82) is 5.26 Å². The van der Waals surface area contributed by atoms with Crippen molar-refractivity contribution in [2.45, 2.75) is 25.8 Å². The minimum absolute atomic E-state index is 0.134. The van der Waals surface area contributed by atoms with E-state index in [2.05, 4.69) is 15.9 Å². The molecule has 1 rings (SSSR count). The molecule has 3 N–H and O–H groups in total. The summed E-state index contributed by atoms with van der Waals surface area (Å²) in [6.07, 6.45) is 1.73. The van der Waals surface area contributed by atoms with Crippen LogP contribution in [0.15, 0.2) is 16.6 Å². The lowest BCUT2D eigenvalue weighted by Gasteiger charge is -2.13. The Labute approximate surface area is 97.7 Å². The first-order valence-corrected chi connectivity index (χ1v) is 5.57. The van der Waals surface area contributed by atoms with Crippen molar-refractivity contribution in [3.8, 4) is 11.8 Å². The predicted molar refractivity (Wildman–Crippen MR) is 62.4 cm³/mol. The van der Waals surface area contributed by atoms with Gasteiger partial charge in [0.05, 0.1) is 16.1 Å². The normalized spacial score (nSPS) is 12.1. The maximum atomic E-state index is 9.78.